The van der Waals surface area contributed by atoms with E-state index in [0.29, 0.717) is 0 Å². The standard InChI is InChI=1S/C18H21ClO6S2/c1-14-3-7-17(8-4-14)26(20,21)24-12-11-16(13-19)25-27(22,23)18-9-5-15(2)6-10-18/h3-10,16H,11-13H2,1-2H3. The molecule has 2 aromatic rings. The highest BCUT2D eigenvalue weighted by molar-refractivity contribution is 7.87. The van der Waals surface area contributed by atoms with E-state index in [1.165, 1.54) is 24.3 Å². The quantitative estimate of drug-likeness (QED) is 0.445. The van der Waals surface area contributed by atoms with E-state index in [9.17, 15) is 16.8 Å². The molecule has 148 valence electrons. The molecule has 0 N–H and O–H groups in total. The van der Waals surface area contributed by atoms with Crippen LogP contribution in [0.25, 0.3) is 0 Å². The lowest BCUT2D eigenvalue weighted by Gasteiger charge is -2.15. The van der Waals surface area contributed by atoms with Gasteiger partial charge in [-0.1, -0.05) is 35.4 Å². The van der Waals surface area contributed by atoms with Crippen LogP contribution in [-0.2, 0) is 28.6 Å². The van der Waals surface area contributed by atoms with Gasteiger partial charge in [0.1, 0.15) is 0 Å². The molecule has 0 aliphatic heterocycles. The third-order valence-electron chi connectivity index (χ3n) is 3.73. The molecule has 0 aliphatic carbocycles. The highest BCUT2D eigenvalue weighted by atomic mass is 35.5. The molecule has 2 rings (SSSR count). The van der Waals surface area contributed by atoms with Crippen molar-refractivity contribution in [3.63, 3.8) is 0 Å². The van der Waals surface area contributed by atoms with Gasteiger partial charge in [0, 0.05) is 6.42 Å². The molecule has 0 aromatic heterocycles. The zero-order valence-electron chi connectivity index (χ0n) is 15.0. The molecule has 1 atom stereocenters. The molecule has 0 saturated carbocycles. The Morgan fingerprint density at radius 3 is 1.70 bits per heavy atom. The van der Waals surface area contributed by atoms with Crippen LogP contribution in [0.3, 0.4) is 0 Å². The summed E-state index contributed by atoms with van der Waals surface area (Å²) in [6.07, 6.45) is -0.911. The Morgan fingerprint density at radius 1 is 0.815 bits per heavy atom. The number of aryl methyl sites for hydroxylation is 2. The summed E-state index contributed by atoms with van der Waals surface area (Å²) in [6.45, 7) is 3.43. The van der Waals surface area contributed by atoms with Gasteiger partial charge in [0.15, 0.2) is 0 Å². The monoisotopic (exact) mass is 432 g/mol. The van der Waals surface area contributed by atoms with Crippen molar-refractivity contribution in [3.8, 4) is 0 Å². The summed E-state index contributed by atoms with van der Waals surface area (Å²) in [4.78, 5) is 0.0418. The molecule has 2 aromatic carbocycles. The van der Waals surface area contributed by atoms with Gasteiger partial charge < -0.3 is 0 Å². The van der Waals surface area contributed by atoms with E-state index < -0.39 is 26.3 Å². The van der Waals surface area contributed by atoms with Crippen molar-refractivity contribution in [1.29, 1.82) is 0 Å². The van der Waals surface area contributed by atoms with Crippen molar-refractivity contribution >= 4 is 31.8 Å². The molecule has 0 heterocycles. The predicted octanol–water partition coefficient (Wildman–Crippen LogP) is 3.41. The Hall–Kier alpha value is -1.45. The van der Waals surface area contributed by atoms with Gasteiger partial charge in [0.25, 0.3) is 20.2 Å². The van der Waals surface area contributed by atoms with Crippen molar-refractivity contribution in [3.05, 3.63) is 59.7 Å². The Balaban J connectivity index is 1.97. The summed E-state index contributed by atoms with van der Waals surface area (Å²) in [5, 5.41) is 0. The van der Waals surface area contributed by atoms with Crippen molar-refractivity contribution in [1.82, 2.24) is 0 Å². The summed E-state index contributed by atoms with van der Waals surface area (Å²) in [5.74, 6) is -0.126. The fourth-order valence-electron chi connectivity index (χ4n) is 2.15. The zero-order valence-corrected chi connectivity index (χ0v) is 17.4. The van der Waals surface area contributed by atoms with Crippen LogP contribution in [0.2, 0.25) is 0 Å². The molecule has 9 heteroatoms. The summed E-state index contributed by atoms with van der Waals surface area (Å²) in [5.41, 5.74) is 1.84. The number of hydrogen-bond donors (Lipinski definition) is 0. The van der Waals surface area contributed by atoms with Crippen molar-refractivity contribution in [2.75, 3.05) is 12.5 Å². The molecule has 0 fully saturated rings. The lowest BCUT2D eigenvalue weighted by atomic mass is 10.2. The van der Waals surface area contributed by atoms with Gasteiger partial charge in [-0.15, -0.1) is 11.6 Å². The largest absolute Gasteiger partial charge is 0.297 e. The Bertz CT molecular complexity index is 952. The van der Waals surface area contributed by atoms with E-state index in [1.807, 2.05) is 13.8 Å². The molecule has 27 heavy (non-hydrogen) atoms. The Morgan fingerprint density at radius 2 is 1.26 bits per heavy atom. The minimum Gasteiger partial charge on any atom is -0.266 e. The first-order chi connectivity index (χ1) is 12.6. The third kappa shape index (κ3) is 6.29. The van der Waals surface area contributed by atoms with Gasteiger partial charge in [0.05, 0.1) is 28.4 Å². The highest BCUT2D eigenvalue weighted by Gasteiger charge is 2.23. The van der Waals surface area contributed by atoms with Gasteiger partial charge in [-0.2, -0.15) is 16.8 Å². The Labute approximate surface area is 165 Å². The number of rotatable bonds is 9. The molecular formula is C18H21ClO6S2. The number of alkyl halides is 1. The van der Waals surface area contributed by atoms with Gasteiger partial charge in [0.2, 0.25) is 0 Å². The summed E-state index contributed by atoms with van der Waals surface area (Å²) in [6, 6.07) is 12.4. The normalized spacial score (nSPS) is 13.4. The lowest BCUT2D eigenvalue weighted by Crippen LogP contribution is -2.23. The molecular weight excluding hydrogens is 412 g/mol. The third-order valence-corrected chi connectivity index (χ3v) is 6.78. The van der Waals surface area contributed by atoms with E-state index in [-0.39, 0.29) is 28.7 Å². The van der Waals surface area contributed by atoms with Crippen LogP contribution < -0.4 is 0 Å². The van der Waals surface area contributed by atoms with E-state index in [1.54, 1.807) is 24.3 Å². The maximum atomic E-state index is 12.3. The highest BCUT2D eigenvalue weighted by Crippen LogP contribution is 2.18. The van der Waals surface area contributed by atoms with Gasteiger partial charge >= 0.3 is 0 Å². The second-order valence-electron chi connectivity index (χ2n) is 6.02. The average molecular weight is 433 g/mol. The maximum absolute atomic E-state index is 12.3. The molecule has 0 amide bonds. The lowest BCUT2D eigenvalue weighted by molar-refractivity contribution is 0.188. The SMILES string of the molecule is Cc1ccc(S(=O)(=O)OCCC(CCl)OS(=O)(=O)c2ccc(C)cc2)cc1. The first-order valence-electron chi connectivity index (χ1n) is 8.16. The first-order valence-corrected chi connectivity index (χ1v) is 11.5. The minimum atomic E-state index is -4.00. The van der Waals surface area contributed by atoms with Gasteiger partial charge in [-0.3, -0.25) is 8.37 Å². The molecule has 1 unspecified atom stereocenters. The van der Waals surface area contributed by atoms with Crippen LogP contribution in [0.1, 0.15) is 17.5 Å². The van der Waals surface area contributed by atoms with Crippen molar-refractivity contribution in [2.45, 2.75) is 36.2 Å². The van der Waals surface area contributed by atoms with Crippen LogP contribution in [0.4, 0.5) is 0 Å². The van der Waals surface area contributed by atoms with E-state index >= 15 is 0 Å². The van der Waals surface area contributed by atoms with Crippen molar-refractivity contribution < 1.29 is 25.2 Å². The van der Waals surface area contributed by atoms with Crippen molar-refractivity contribution in [2.24, 2.45) is 0 Å². The molecule has 0 bridgehead atoms. The topological polar surface area (TPSA) is 86.7 Å². The van der Waals surface area contributed by atoms with E-state index in [2.05, 4.69) is 0 Å². The fourth-order valence-corrected chi connectivity index (χ4v) is 4.47. The predicted molar refractivity (Wildman–Crippen MR) is 103 cm³/mol. The van der Waals surface area contributed by atoms with Crippen LogP contribution >= 0.6 is 11.6 Å². The number of hydrogen-bond acceptors (Lipinski definition) is 6. The van der Waals surface area contributed by atoms with E-state index in [4.69, 9.17) is 20.0 Å². The second kappa shape index (κ2) is 9.16. The maximum Gasteiger partial charge on any atom is 0.297 e. The molecule has 0 aliphatic rings. The summed E-state index contributed by atoms with van der Waals surface area (Å²) < 4.78 is 58.9. The zero-order chi connectivity index (χ0) is 20.1. The van der Waals surface area contributed by atoms with Crippen LogP contribution in [-0.4, -0.2) is 35.4 Å². The van der Waals surface area contributed by atoms with E-state index in [0.717, 1.165) is 11.1 Å². The molecule has 6 nitrogen and oxygen atoms in total. The minimum absolute atomic E-state index is 0.000315. The second-order valence-corrected chi connectivity index (χ2v) is 9.51. The van der Waals surface area contributed by atoms with Crippen LogP contribution in [0.15, 0.2) is 58.3 Å². The van der Waals surface area contributed by atoms with Gasteiger partial charge in [-0.05, 0) is 38.1 Å². The average Bonchev–Trinajstić information content (AvgIpc) is 2.61. The number of benzene rings is 2. The summed E-state index contributed by atoms with van der Waals surface area (Å²) in [7, 11) is -7.93. The fraction of sp³-hybridized carbons (Fsp3) is 0.333. The molecule has 0 radical (unpaired) electrons. The van der Waals surface area contributed by atoms with Crippen LogP contribution in [0.5, 0.6) is 0 Å². The van der Waals surface area contributed by atoms with Gasteiger partial charge in [-0.25, -0.2) is 0 Å². The summed E-state index contributed by atoms with van der Waals surface area (Å²) >= 11 is 5.78. The molecule has 0 spiro atoms. The number of halogens is 1. The molecule has 0 saturated heterocycles. The first kappa shape index (κ1) is 21.8. The Kier molecular flexibility index (Phi) is 7.41. The smallest absolute Gasteiger partial charge is 0.266 e. The van der Waals surface area contributed by atoms with Crippen LogP contribution in [0, 0.1) is 13.8 Å².